The Bertz CT molecular complexity index is 461. The van der Waals surface area contributed by atoms with Crippen LogP contribution in [0.5, 0.6) is 0 Å². The number of hydrogen-bond donors (Lipinski definition) is 1. The summed E-state index contributed by atoms with van der Waals surface area (Å²) in [6.45, 7) is 3.96. The van der Waals surface area contributed by atoms with E-state index in [1.165, 1.54) is 0 Å². The van der Waals surface area contributed by atoms with E-state index in [2.05, 4.69) is 16.8 Å². The number of pyridine rings is 1. The molecule has 0 aliphatic carbocycles. The predicted octanol–water partition coefficient (Wildman–Crippen LogP) is 0.336. The Balaban J connectivity index is 2.14. The van der Waals surface area contributed by atoms with Crippen molar-refractivity contribution < 1.29 is 9.53 Å². The first-order chi connectivity index (χ1) is 9.52. The minimum absolute atomic E-state index is 0.0380. The number of nitrogens with two attached hydrogens (primary N) is 1. The molecule has 2 heterocycles. The molecule has 1 aromatic heterocycles. The Morgan fingerprint density at radius 1 is 1.55 bits per heavy atom. The summed E-state index contributed by atoms with van der Waals surface area (Å²) < 4.78 is 5.63. The van der Waals surface area contributed by atoms with Crippen molar-refractivity contribution in [2.75, 3.05) is 38.7 Å². The van der Waals surface area contributed by atoms with Gasteiger partial charge in [-0.1, -0.05) is 0 Å². The van der Waals surface area contributed by atoms with Crippen LogP contribution in [0.1, 0.15) is 17.3 Å². The Morgan fingerprint density at radius 2 is 2.30 bits per heavy atom. The highest BCUT2D eigenvalue weighted by molar-refractivity contribution is 5.93. The van der Waals surface area contributed by atoms with Gasteiger partial charge in [-0.25, -0.2) is 4.98 Å². The average Bonchev–Trinajstić information content (AvgIpc) is 2.47. The molecule has 1 amide bonds. The van der Waals surface area contributed by atoms with Crippen LogP contribution in [0.2, 0.25) is 0 Å². The quantitative estimate of drug-likeness (QED) is 0.863. The SMILES string of the molecule is CC1COC(CN)CN1c1ccc(C(=O)N(C)C)cn1. The van der Waals surface area contributed by atoms with Crippen LogP contribution in [0.3, 0.4) is 0 Å². The summed E-state index contributed by atoms with van der Waals surface area (Å²) in [5.41, 5.74) is 6.26. The van der Waals surface area contributed by atoms with Crippen molar-refractivity contribution in [3.05, 3.63) is 23.9 Å². The van der Waals surface area contributed by atoms with Crippen LogP contribution in [0, 0.1) is 0 Å². The van der Waals surface area contributed by atoms with E-state index in [4.69, 9.17) is 10.5 Å². The maximum atomic E-state index is 11.8. The van der Waals surface area contributed by atoms with E-state index in [-0.39, 0.29) is 18.1 Å². The van der Waals surface area contributed by atoms with Gasteiger partial charge in [-0.05, 0) is 19.1 Å². The van der Waals surface area contributed by atoms with Crippen molar-refractivity contribution >= 4 is 11.7 Å². The zero-order valence-electron chi connectivity index (χ0n) is 12.2. The van der Waals surface area contributed by atoms with Gasteiger partial charge < -0.3 is 20.3 Å². The van der Waals surface area contributed by atoms with Gasteiger partial charge in [0, 0.05) is 33.4 Å². The second-order valence-electron chi connectivity index (χ2n) is 5.30. The molecule has 1 aliphatic heterocycles. The third kappa shape index (κ3) is 3.08. The minimum atomic E-state index is -0.0427. The molecule has 6 nitrogen and oxygen atoms in total. The molecule has 1 aliphatic rings. The molecule has 1 fully saturated rings. The monoisotopic (exact) mass is 278 g/mol. The Morgan fingerprint density at radius 3 is 2.85 bits per heavy atom. The van der Waals surface area contributed by atoms with Gasteiger partial charge in [0.05, 0.1) is 24.3 Å². The average molecular weight is 278 g/mol. The van der Waals surface area contributed by atoms with E-state index < -0.39 is 0 Å². The van der Waals surface area contributed by atoms with Crippen molar-refractivity contribution in [1.82, 2.24) is 9.88 Å². The number of ether oxygens (including phenoxy) is 1. The molecule has 20 heavy (non-hydrogen) atoms. The van der Waals surface area contributed by atoms with Gasteiger partial charge in [0.1, 0.15) is 5.82 Å². The highest BCUT2D eigenvalue weighted by Gasteiger charge is 2.26. The summed E-state index contributed by atoms with van der Waals surface area (Å²) in [5, 5.41) is 0. The number of nitrogens with zero attached hydrogens (tertiary/aromatic N) is 3. The molecule has 0 radical (unpaired) electrons. The fraction of sp³-hybridized carbons (Fsp3) is 0.571. The first kappa shape index (κ1) is 14.7. The van der Waals surface area contributed by atoms with Crippen LogP contribution in [0.4, 0.5) is 5.82 Å². The fourth-order valence-electron chi connectivity index (χ4n) is 2.22. The number of hydrogen-bond acceptors (Lipinski definition) is 5. The summed E-state index contributed by atoms with van der Waals surface area (Å²) in [5.74, 6) is 0.813. The number of rotatable bonds is 3. The largest absolute Gasteiger partial charge is 0.373 e. The number of amides is 1. The third-order valence-corrected chi connectivity index (χ3v) is 3.46. The van der Waals surface area contributed by atoms with Gasteiger partial charge in [0.15, 0.2) is 0 Å². The summed E-state index contributed by atoms with van der Waals surface area (Å²) in [6, 6.07) is 3.94. The van der Waals surface area contributed by atoms with Gasteiger partial charge >= 0.3 is 0 Å². The molecule has 2 rings (SSSR count). The molecule has 6 heteroatoms. The first-order valence-electron chi connectivity index (χ1n) is 6.79. The van der Waals surface area contributed by atoms with Gasteiger partial charge in [-0.15, -0.1) is 0 Å². The maximum Gasteiger partial charge on any atom is 0.254 e. The lowest BCUT2D eigenvalue weighted by Gasteiger charge is -2.38. The van der Waals surface area contributed by atoms with Crippen LogP contribution in [0.25, 0.3) is 0 Å². The molecule has 1 saturated heterocycles. The van der Waals surface area contributed by atoms with E-state index in [1.54, 1.807) is 25.2 Å². The van der Waals surface area contributed by atoms with E-state index in [1.807, 2.05) is 12.1 Å². The molecule has 2 atom stereocenters. The highest BCUT2D eigenvalue weighted by Crippen LogP contribution is 2.19. The fourth-order valence-corrected chi connectivity index (χ4v) is 2.22. The van der Waals surface area contributed by atoms with Crippen LogP contribution >= 0.6 is 0 Å². The van der Waals surface area contributed by atoms with Crippen molar-refractivity contribution in [3.8, 4) is 0 Å². The molecule has 2 N–H and O–H groups in total. The number of morpholine rings is 1. The topological polar surface area (TPSA) is 71.7 Å². The van der Waals surface area contributed by atoms with Crippen molar-refractivity contribution in [2.24, 2.45) is 5.73 Å². The second-order valence-corrected chi connectivity index (χ2v) is 5.30. The van der Waals surface area contributed by atoms with Crippen molar-refractivity contribution in [2.45, 2.75) is 19.1 Å². The predicted molar refractivity (Wildman–Crippen MR) is 77.9 cm³/mol. The molecule has 1 aromatic rings. The van der Waals surface area contributed by atoms with Gasteiger partial charge in [-0.3, -0.25) is 4.79 Å². The molecule has 2 unspecified atom stereocenters. The van der Waals surface area contributed by atoms with Crippen molar-refractivity contribution in [1.29, 1.82) is 0 Å². The highest BCUT2D eigenvalue weighted by atomic mass is 16.5. The molecule has 0 bridgehead atoms. The maximum absolute atomic E-state index is 11.8. The molecular weight excluding hydrogens is 256 g/mol. The standard InChI is InChI=1S/C14H22N4O2/c1-10-9-20-12(6-15)8-18(10)13-5-4-11(7-16-13)14(19)17(2)3/h4-5,7,10,12H,6,8-9,15H2,1-3H3. The van der Waals surface area contributed by atoms with E-state index in [9.17, 15) is 4.79 Å². The zero-order valence-corrected chi connectivity index (χ0v) is 12.2. The Kier molecular flexibility index (Phi) is 4.57. The molecular formula is C14H22N4O2. The van der Waals surface area contributed by atoms with Gasteiger partial charge in [0.25, 0.3) is 5.91 Å². The summed E-state index contributed by atoms with van der Waals surface area (Å²) in [6.07, 6.45) is 1.66. The first-order valence-corrected chi connectivity index (χ1v) is 6.79. The normalized spacial score (nSPS) is 22.7. The van der Waals surface area contributed by atoms with Gasteiger partial charge in [0.2, 0.25) is 0 Å². The third-order valence-electron chi connectivity index (χ3n) is 3.46. The summed E-state index contributed by atoms with van der Waals surface area (Å²) >= 11 is 0. The molecule has 0 aromatic carbocycles. The van der Waals surface area contributed by atoms with E-state index >= 15 is 0 Å². The van der Waals surface area contributed by atoms with Gasteiger partial charge in [-0.2, -0.15) is 0 Å². The Labute approximate surface area is 119 Å². The summed E-state index contributed by atoms with van der Waals surface area (Å²) in [4.78, 5) is 19.9. The lowest BCUT2D eigenvalue weighted by molar-refractivity contribution is 0.0280. The summed E-state index contributed by atoms with van der Waals surface area (Å²) in [7, 11) is 3.46. The number of aromatic nitrogens is 1. The van der Waals surface area contributed by atoms with Crippen LogP contribution in [0.15, 0.2) is 18.3 Å². The number of carbonyl (C=O) groups excluding carboxylic acids is 1. The minimum Gasteiger partial charge on any atom is -0.373 e. The molecule has 0 saturated carbocycles. The lowest BCUT2D eigenvalue weighted by atomic mass is 10.2. The second kappa shape index (κ2) is 6.19. The van der Waals surface area contributed by atoms with E-state index in [0.29, 0.717) is 18.7 Å². The molecule has 110 valence electrons. The number of anilines is 1. The number of carbonyl (C=O) groups is 1. The van der Waals surface area contributed by atoms with Crippen LogP contribution < -0.4 is 10.6 Å². The Hall–Kier alpha value is -1.66. The van der Waals surface area contributed by atoms with Crippen LogP contribution in [-0.2, 0) is 4.74 Å². The van der Waals surface area contributed by atoms with E-state index in [0.717, 1.165) is 12.4 Å². The zero-order chi connectivity index (χ0) is 14.7. The van der Waals surface area contributed by atoms with Crippen molar-refractivity contribution in [3.63, 3.8) is 0 Å². The lowest BCUT2D eigenvalue weighted by Crippen LogP contribution is -2.51. The molecule has 0 spiro atoms. The smallest absolute Gasteiger partial charge is 0.254 e. The van der Waals surface area contributed by atoms with Crippen LogP contribution in [-0.4, -0.2) is 61.7 Å².